The van der Waals surface area contributed by atoms with E-state index in [9.17, 15) is 4.39 Å². The van der Waals surface area contributed by atoms with E-state index >= 15 is 0 Å². The molecule has 1 atom stereocenters. The predicted octanol–water partition coefficient (Wildman–Crippen LogP) is 3.09. The van der Waals surface area contributed by atoms with E-state index in [1.807, 2.05) is 17.7 Å². The summed E-state index contributed by atoms with van der Waals surface area (Å²) in [6, 6.07) is 5.20. The van der Waals surface area contributed by atoms with Crippen molar-refractivity contribution in [1.29, 1.82) is 0 Å². The molecule has 0 radical (unpaired) electrons. The zero-order valence-corrected chi connectivity index (χ0v) is 10.5. The molecule has 2 aromatic rings. The van der Waals surface area contributed by atoms with Gasteiger partial charge in [-0.25, -0.2) is 4.39 Å². The molecule has 3 rings (SSSR count). The molecule has 1 aromatic carbocycles. The highest BCUT2D eigenvalue weighted by atomic mass is 19.1. The Balaban J connectivity index is 2.11. The first kappa shape index (κ1) is 11.7. The topological polar surface area (TPSA) is 27.1 Å². The molecule has 0 bridgehead atoms. The fourth-order valence-electron chi connectivity index (χ4n) is 2.63. The van der Waals surface area contributed by atoms with Gasteiger partial charge in [-0.05, 0) is 37.5 Å². The summed E-state index contributed by atoms with van der Waals surface area (Å²) in [5, 5.41) is 5.58. The van der Waals surface area contributed by atoms with Gasteiger partial charge in [-0.2, -0.15) is 5.10 Å². The van der Waals surface area contributed by atoms with Gasteiger partial charge in [0.1, 0.15) is 5.82 Å². The van der Waals surface area contributed by atoms with Gasteiger partial charge in [0.05, 0.1) is 23.9 Å². The molecule has 2 heterocycles. The van der Waals surface area contributed by atoms with Crippen molar-refractivity contribution in [3.05, 3.63) is 29.7 Å². The molecule has 0 N–H and O–H groups in total. The summed E-state index contributed by atoms with van der Waals surface area (Å²) in [4.78, 5) is 0. The standard InChI is InChI=1S/C14H17FN2O/c1-2-13-12-8-10(15)5-6-14(12)17(16-13)11-4-3-7-18-9-11/h5-6,8,11H,2-4,7,9H2,1H3. The zero-order chi connectivity index (χ0) is 12.5. The number of hydrogen-bond acceptors (Lipinski definition) is 2. The second-order valence-corrected chi connectivity index (χ2v) is 4.78. The largest absolute Gasteiger partial charge is 0.379 e. The Morgan fingerprint density at radius 1 is 1.50 bits per heavy atom. The lowest BCUT2D eigenvalue weighted by atomic mass is 10.1. The first-order valence-corrected chi connectivity index (χ1v) is 6.54. The summed E-state index contributed by atoms with van der Waals surface area (Å²) < 4.78 is 20.9. The van der Waals surface area contributed by atoms with Crippen LogP contribution in [0.3, 0.4) is 0 Å². The van der Waals surface area contributed by atoms with Crippen LogP contribution in [0.5, 0.6) is 0 Å². The Morgan fingerprint density at radius 3 is 3.11 bits per heavy atom. The van der Waals surface area contributed by atoms with Crippen LogP contribution in [0.25, 0.3) is 10.9 Å². The number of fused-ring (bicyclic) bond motifs is 1. The van der Waals surface area contributed by atoms with E-state index < -0.39 is 0 Å². The molecule has 18 heavy (non-hydrogen) atoms. The third kappa shape index (κ3) is 1.90. The normalized spacial score (nSPS) is 20.4. The SMILES string of the molecule is CCc1nn(C2CCCOC2)c2ccc(F)cc12. The summed E-state index contributed by atoms with van der Waals surface area (Å²) in [6.45, 7) is 3.59. The Morgan fingerprint density at radius 2 is 2.39 bits per heavy atom. The molecule has 1 fully saturated rings. The second-order valence-electron chi connectivity index (χ2n) is 4.78. The number of benzene rings is 1. The number of hydrogen-bond donors (Lipinski definition) is 0. The number of ether oxygens (including phenoxy) is 1. The average Bonchev–Trinajstić information content (AvgIpc) is 2.77. The molecule has 1 aromatic heterocycles. The number of halogens is 1. The molecule has 1 unspecified atom stereocenters. The number of aryl methyl sites for hydroxylation is 1. The van der Waals surface area contributed by atoms with Gasteiger partial charge in [0.25, 0.3) is 0 Å². The van der Waals surface area contributed by atoms with Gasteiger partial charge < -0.3 is 4.74 Å². The quantitative estimate of drug-likeness (QED) is 0.816. The summed E-state index contributed by atoms with van der Waals surface area (Å²) in [7, 11) is 0. The number of nitrogens with zero attached hydrogens (tertiary/aromatic N) is 2. The molecule has 1 aliphatic rings. The van der Waals surface area contributed by atoms with Crippen molar-refractivity contribution < 1.29 is 9.13 Å². The summed E-state index contributed by atoms with van der Waals surface area (Å²) in [5.74, 6) is -0.198. The monoisotopic (exact) mass is 248 g/mol. The first-order chi connectivity index (χ1) is 8.79. The first-order valence-electron chi connectivity index (χ1n) is 6.54. The van der Waals surface area contributed by atoms with Gasteiger partial charge in [-0.3, -0.25) is 4.68 Å². The van der Waals surface area contributed by atoms with E-state index in [4.69, 9.17) is 4.74 Å². The minimum atomic E-state index is -0.198. The molecule has 4 heteroatoms. The van der Waals surface area contributed by atoms with Crippen LogP contribution in [0.4, 0.5) is 4.39 Å². The Labute approximate surface area is 106 Å². The van der Waals surface area contributed by atoms with Crippen LogP contribution in [0.1, 0.15) is 31.5 Å². The van der Waals surface area contributed by atoms with E-state index in [1.165, 1.54) is 6.07 Å². The van der Waals surface area contributed by atoms with Crippen molar-refractivity contribution in [2.24, 2.45) is 0 Å². The smallest absolute Gasteiger partial charge is 0.124 e. The maximum atomic E-state index is 13.3. The lowest BCUT2D eigenvalue weighted by Gasteiger charge is -2.23. The van der Waals surface area contributed by atoms with Crippen LogP contribution < -0.4 is 0 Å². The lowest BCUT2D eigenvalue weighted by Crippen LogP contribution is -2.22. The minimum Gasteiger partial charge on any atom is -0.379 e. The van der Waals surface area contributed by atoms with E-state index in [-0.39, 0.29) is 11.9 Å². The van der Waals surface area contributed by atoms with Gasteiger partial charge in [0.2, 0.25) is 0 Å². The summed E-state index contributed by atoms with van der Waals surface area (Å²) in [5.41, 5.74) is 1.99. The van der Waals surface area contributed by atoms with Gasteiger partial charge >= 0.3 is 0 Å². The second kappa shape index (κ2) is 4.69. The molecule has 96 valence electrons. The maximum Gasteiger partial charge on any atom is 0.124 e. The summed E-state index contributed by atoms with van der Waals surface area (Å²) >= 11 is 0. The Bertz CT molecular complexity index is 558. The van der Waals surface area contributed by atoms with Crippen LogP contribution in [0, 0.1) is 5.82 Å². The molecule has 0 spiro atoms. The van der Waals surface area contributed by atoms with Crippen LogP contribution in [0.15, 0.2) is 18.2 Å². The third-order valence-electron chi connectivity index (χ3n) is 3.56. The number of rotatable bonds is 2. The predicted molar refractivity (Wildman–Crippen MR) is 68.2 cm³/mol. The molecule has 3 nitrogen and oxygen atoms in total. The van der Waals surface area contributed by atoms with Crippen LogP contribution in [0.2, 0.25) is 0 Å². The highest BCUT2D eigenvalue weighted by Gasteiger charge is 2.20. The van der Waals surface area contributed by atoms with Crippen LogP contribution in [-0.2, 0) is 11.2 Å². The average molecular weight is 248 g/mol. The Hall–Kier alpha value is -1.42. The van der Waals surface area contributed by atoms with Crippen molar-refractivity contribution in [3.8, 4) is 0 Å². The van der Waals surface area contributed by atoms with Gasteiger partial charge in [-0.1, -0.05) is 6.92 Å². The molecular weight excluding hydrogens is 231 g/mol. The summed E-state index contributed by atoms with van der Waals surface area (Å²) in [6.07, 6.45) is 2.96. The van der Waals surface area contributed by atoms with Crippen molar-refractivity contribution in [2.75, 3.05) is 13.2 Å². The van der Waals surface area contributed by atoms with Crippen molar-refractivity contribution in [2.45, 2.75) is 32.2 Å². The van der Waals surface area contributed by atoms with E-state index in [1.54, 1.807) is 6.07 Å². The molecular formula is C14H17FN2O. The fourth-order valence-corrected chi connectivity index (χ4v) is 2.63. The molecule has 1 aliphatic heterocycles. The van der Waals surface area contributed by atoms with Crippen LogP contribution in [-0.4, -0.2) is 23.0 Å². The van der Waals surface area contributed by atoms with E-state index in [0.717, 1.165) is 42.5 Å². The van der Waals surface area contributed by atoms with E-state index in [0.29, 0.717) is 6.61 Å². The molecule has 0 saturated carbocycles. The van der Waals surface area contributed by atoms with Gasteiger partial charge in [0, 0.05) is 12.0 Å². The minimum absolute atomic E-state index is 0.198. The molecule has 0 aliphatic carbocycles. The van der Waals surface area contributed by atoms with Crippen molar-refractivity contribution in [3.63, 3.8) is 0 Å². The fraction of sp³-hybridized carbons (Fsp3) is 0.500. The van der Waals surface area contributed by atoms with Crippen molar-refractivity contribution >= 4 is 10.9 Å². The van der Waals surface area contributed by atoms with E-state index in [2.05, 4.69) is 5.10 Å². The van der Waals surface area contributed by atoms with Crippen LogP contribution >= 0.6 is 0 Å². The highest BCUT2D eigenvalue weighted by molar-refractivity contribution is 5.82. The molecule has 1 saturated heterocycles. The van der Waals surface area contributed by atoms with Crippen molar-refractivity contribution in [1.82, 2.24) is 9.78 Å². The van der Waals surface area contributed by atoms with Gasteiger partial charge in [0.15, 0.2) is 0 Å². The third-order valence-corrected chi connectivity index (χ3v) is 3.56. The van der Waals surface area contributed by atoms with Gasteiger partial charge in [-0.15, -0.1) is 0 Å². The Kier molecular flexibility index (Phi) is 3.04. The maximum absolute atomic E-state index is 13.3. The molecule has 0 amide bonds. The number of aromatic nitrogens is 2. The lowest BCUT2D eigenvalue weighted by molar-refractivity contribution is 0.0563. The highest BCUT2D eigenvalue weighted by Crippen LogP contribution is 2.27. The zero-order valence-electron chi connectivity index (χ0n) is 10.5.